The molecule has 0 radical (unpaired) electrons. The highest BCUT2D eigenvalue weighted by Gasteiger charge is 2.28. The summed E-state index contributed by atoms with van der Waals surface area (Å²) in [6.07, 6.45) is -0.110. The fourth-order valence-corrected chi connectivity index (χ4v) is 3.00. The first-order valence-corrected chi connectivity index (χ1v) is 7.19. The minimum atomic E-state index is -0.417. The molecule has 1 aliphatic rings. The van der Waals surface area contributed by atoms with Crippen molar-refractivity contribution in [1.82, 2.24) is 0 Å². The van der Waals surface area contributed by atoms with Gasteiger partial charge in [0.1, 0.15) is 17.7 Å². The second kappa shape index (κ2) is 4.95. The number of Topliss-reactive ketones (excluding diaryl/α,β-unsaturated/α-hetero) is 1. The SMILES string of the molecule is O=C1CC(c2cccc3ccccc23)Oc2ccc(F)cc21. The van der Waals surface area contributed by atoms with Gasteiger partial charge in [-0.15, -0.1) is 0 Å². The van der Waals surface area contributed by atoms with Gasteiger partial charge in [0.15, 0.2) is 5.78 Å². The van der Waals surface area contributed by atoms with Crippen LogP contribution in [0.15, 0.2) is 60.7 Å². The molecule has 0 bridgehead atoms. The Kier molecular flexibility index (Phi) is 2.93. The third kappa shape index (κ3) is 2.06. The van der Waals surface area contributed by atoms with Crippen LogP contribution in [-0.2, 0) is 0 Å². The molecule has 1 aliphatic heterocycles. The summed E-state index contributed by atoms with van der Waals surface area (Å²) in [6.45, 7) is 0. The molecule has 0 spiro atoms. The van der Waals surface area contributed by atoms with Crippen LogP contribution in [-0.4, -0.2) is 5.78 Å². The summed E-state index contributed by atoms with van der Waals surface area (Å²) in [6, 6.07) is 18.1. The first-order chi connectivity index (χ1) is 10.7. The Morgan fingerprint density at radius 1 is 1.00 bits per heavy atom. The fraction of sp³-hybridized carbons (Fsp3) is 0.105. The van der Waals surface area contributed by atoms with Crippen molar-refractivity contribution in [2.45, 2.75) is 12.5 Å². The molecule has 0 N–H and O–H groups in total. The van der Waals surface area contributed by atoms with Crippen molar-refractivity contribution in [1.29, 1.82) is 0 Å². The summed E-state index contributed by atoms with van der Waals surface area (Å²) in [5.74, 6) is -0.0476. The smallest absolute Gasteiger partial charge is 0.170 e. The van der Waals surface area contributed by atoms with Crippen LogP contribution in [0.1, 0.15) is 28.4 Å². The van der Waals surface area contributed by atoms with E-state index in [4.69, 9.17) is 4.74 Å². The van der Waals surface area contributed by atoms with E-state index in [-0.39, 0.29) is 18.3 Å². The van der Waals surface area contributed by atoms with E-state index in [9.17, 15) is 9.18 Å². The van der Waals surface area contributed by atoms with E-state index in [0.717, 1.165) is 16.3 Å². The van der Waals surface area contributed by atoms with Crippen molar-refractivity contribution in [3.63, 3.8) is 0 Å². The van der Waals surface area contributed by atoms with E-state index >= 15 is 0 Å². The van der Waals surface area contributed by atoms with Crippen LogP contribution in [0, 0.1) is 5.82 Å². The average Bonchev–Trinajstić information content (AvgIpc) is 2.55. The van der Waals surface area contributed by atoms with Gasteiger partial charge >= 0.3 is 0 Å². The third-order valence-corrected chi connectivity index (χ3v) is 4.05. The van der Waals surface area contributed by atoms with E-state index in [1.54, 1.807) is 0 Å². The molecule has 0 fully saturated rings. The minimum absolute atomic E-state index is 0.0846. The summed E-state index contributed by atoms with van der Waals surface area (Å²) >= 11 is 0. The van der Waals surface area contributed by atoms with Crippen molar-refractivity contribution in [2.24, 2.45) is 0 Å². The van der Waals surface area contributed by atoms with E-state index in [1.807, 2.05) is 42.5 Å². The molecule has 3 heteroatoms. The molecule has 0 amide bonds. The summed E-state index contributed by atoms with van der Waals surface area (Å²) in [5.41, 5.74) is 1.32. The molecule has 3 aromatic carbocycles. The number of halogens is 1. The zero-order valence-electron chi connectivity index (χ0n) is 11.8. The maximum absolute atomic E-state index is 13.3. The zero-order chi connectivity index (χ0) is 15.1. The molecule has 108 valence electrons. The lowest BCUT2D eigenvalue weighted by Crippen LogP contribution is -2.20. The summed E-state index contributed by atoms with van der Waals surface area (Å²) in [7, 11) is 0. The normalized spacial score (nSPS) is 17.1. The number of carbonyl (C=O) groups excluding carboxylic acids is 1. The molecule has 22 heavy (non-hydrogen) atoms. The molecule has 0 aliphatic carbocycles. The Bertz CT molecular complexity index is 880. The summed E-state index contributed by atoms with van der Waals surface area (Å²) < 4.78 is 19.3. The second-order valence-electron chi connectivity index (χ2n) is 5.44. The quantitative estimate of drug-likeness (QED) is 0.650. The number of hydrogen-bond acceptors (Lipinski definition) is 2. The number of benzene rings is 3. The lowest BCUT2D eigenvalue weighted by atomic mass is 9.93. The number of ketones is 1. The number of fused-ring (bicyclic) bond motifs is 2. The van der Waals surface area contributed by atoms with Gasteiger partial charge in [-0.3, -0.25) is 4.79 Å². The van der Waals surface area contributed by atoms with Crippen LogP contribution in [0.4, 0.5) is 4.39 Å². The van der Waals surface area contributed by atoms with Gasteiger partial charge in [-0.1, -0.05) is 42.5 Å². The molecule has 0 saturated carbocycles. The lowest BCUT2D eigenvalue weighted by Gasteiger charge is -2.26. The Labute approximate surface area is 127 Å². The largest absolute Gasteiger partial charge is 0.484 e. The highest BCUT2D eigenvalue weighted by molar-refractivity contribution is 6.00. The second-order valence-corrected chi connectivity index (χ2v) is 5.44. The van der Waals surface area contributed by atoms with E-state index < -0.39 is 5.82 Å². The van der Waals surface area contributed by atoms with Gasteiger partial charge in [-0.25, -0.2) is 4.39 Å². The maximum atomic E-state index is 13.3. The van der Waals surface area contributed by atoms with Crippen molar-refractivity contribution < 1.29 is 13.9 Å². The van der Waals surface area contributed by atoms with E-state index in [2.05, 4.69) is 0 Å². The monoisotopic (exact) mass is 292 g/mol. The van der Waals surface area contributed by atoms with Gasteiger partial charge in [0.2, 0.25) is 0 Å². The summed E-state index contributed by atoms with van der Waals surface area (Å²) in [5, 5.41) is 2.19. The zero-order valence-corrected chi connectivity index (χ0v) is 11.8. The van der Waals surface area contributed by atoms with Crippen molar-refractivity contribution in [3.05, 3.63) is 77.6 Å². The first kappa shape index (κ1) is 13.0. The molecular weight excluding hydrogens is 279 g/mol. The Hall–Kier alpha value is -2.68. The van der Waals surface area contributed by atoms with Crippen LogP contribution >= 0.6 is 0 Å². The summed E-state index contributed by atoms with van der Waals surface area (Å²) in [4.78, 5) is 12.3. The van der Waals surface area contributed by atoms with Crippen molar-refractivity contribution >= 4 is 16.6 Å². The molecule has 3 aromatic rings. The standard InChI is InChI=1S/C19H13FO2/c20-13-8-9-18-16(10-13)17(21)11-19(22-18)15-7-3-5-12-4-1-2-6-14(12)15/h1-10,19H,11H2. The van der Waals surface area contributed by atoms with Crippen molar-refractivity contribution in [3.8, 4) is 5.75 Å². The molecular formula is C19H13FO2. The fourth-order valence-electron chi connectivity index (χ4n) is 3.00. The number of rotatable bonds is 1. The molecule has 4 rings (SSSR count). The van der Waals surface area contributed by atoms with E-state index in [0.29, 0.717) is 11.3 Å². The first-order valence-electron chi connectivity index (χ1n) is 7.19. The third-order valence-electron chi connectivity index (χ3n) is 4.05. The van der Waals surface area contributed by atoms with Crippen LogP contribution in [0.3, 0.4) is 0 Å². The predicted molar refractivity (Wildman–Crippen MR) is 82.7 cm³/mol. The van der Waals surface area contributed by atoms with Gasteiger partial charge in [0.25, 0.3) is 0 Å². The van der Waals surface area contributed by atoms with Crippen LogP contribution < -0.4 is 4.74 Å². The Morgan fingerprint density at radius 3 is 2.73 bits per heavy atom. The molecule has 1 atom stereocenters. The van der Waals surface area contributed by atoms with Gasteiger partial charge in [0.05, 0.1) is 12.0 Å². The number of carbonyl (C=O) groups is 1. The predicted octanol–water partition coefficient (Wildman–Crippen LogP) is 4.69. The van der Waals surface area contributed by atoms with Gasteiger partial charge in [-0.05, 0) is 29.0 Å². The molecule has 1 heterocycles. The number of hydrogen-bond donors (Lipinski definition) is 0. The highest BCUT2D eigenvalue weighted by atomic mass is 19.1. The van der Waals surface area contributed by atoms with Crippen LogP contribution in [0.2, 0.25) is 0 Å². The number of ether oxygens (including phenoxy) is 1. The van der Waals surface area contributed by atoms with Crippen LogP contribution in [0.25, 0.3) is 10.8 Å². The van der Waals surface area contributed by atoms with Crippen LogP contribution in [0.5, 0.6) is 5.75 Å². The Morgan fingerprint density at radius 2 is 1.82 bits per heavy atom. The van der Waals surface area contributed by atoms with Gasteiger partial charge < -0.3 is 4.74 Å². The topological polar surface area (TPSA) is 26.3 Å². The molecule has 1 unspecified atom stereocenters. The van der Waals surface area contributed by atoms with Gasteiger partial charge in [-0.2, -0.15) is 0 Å². The van der Waals surface area contributed by atoms with Crippen molar-refractivity contribution in [2.75, 3.05) is 0 Å². The molecule has 2 nitrogen and oxygen atoms in total. The molecule has 0 aromatic heterocycles. The van der Waals surface area contributed by atoms with Gasteiger partial charge in [0, 0.05) is 5.56 Å². The Balaban J connectivity index is 1.81. The minimum Gasteiger partial charge on any atom is -0.484 e. The highest BCUT2D eigenvalue weighted by Crippen LogP contribution is 2.37. The lowest BCUT2D eigenvalue weighted by molar-refractivity contribution is 0.0851. The van der Waals surface area contributed by atoms with E-state index in [1.165, 1.54) is 18.2 Å². The maximum Gasteiger partial charge on any atom is 0.170 e. The molecule has 0 saturated heterocycles. The average molecular weight is 292 g/mol.